The number of nitrogens with one attached hydrogen (secondary N) is 1. The van der Waals surface area contributed by atoms with Crippen molar-refractivity contribution >= 4 is 0 Å². The van der Waals surface area contributed by atoms with Crippen LogP contribution in [0.1, 0.15) is 19.8 Å². The predicted octanol–water partition coefficient (Wildman–Crippen LogP) is 0.938. The molecule has 0 radical (unpaired) electrons. The molecule has 0 aliphatic carbocycles. The van der Waals surface area contributed by atoms with Gasteiger partial charge in [0, 0.05) is 6.54 Å². The predicted molar refractivity (Wildman–Crippen MR) is 48.8 cm³/mol. The van der Waals surface area contributed by atoms with Crippen molar-refractivity contribution in [2.75, 3.05) is 33.2 Å². The highest BCUT2D eigenvalue weighted by Gasteiger charge is 2.15. The van der Waals surface area contributed by atoms with Gasteiger partial charge in [0.2, 0.25) is 0 Å². The average Bonchev–Trinajstić information content (AvgIpc) is 2.40. The van der Waals surface area contributed by atoms with Crippen molar-refractivity contribution in [2.45, 2.75) is 19.8 Å². The third-order valence-electron chi connectivity index (χ3n) is 2.34. The molecule has 1 aliphatic rings. The van der Waals surface area contributed by atoms with Crippen LogP contribution in [-0.4, -0.2) is 38.1 Å². The van der Waals surface area contributed by atoms with Gasteiger partial charge in [-0.25, -0.2) is 0 Å². The second kappa shape index (κ2) is 4.73. The topological polar surface area (TPSA) is 15.3 Å². The molecule has 1 aliphatic heterocycles. The van der Waals surface area contributed by atoms with Crippen molar-refractivity contribution in [3.05, 3.63) is 0 Å². The highest BCUT2D eigenvalue weighted by Crippen LogP contribution is 2.08. The second-order valence-corrected chi connectivity index (χ2v) is 3.62. The van der Waals surface area contributed by atoms with E-state index in [0.717, 1.165) is 5.92 Å². The summed E-state index contributed by atoms with van der Waals surface area (Å²) in [6.07, 6.45) is 2.64. The van der Waals surface area contributed by atoms with Crippen LogP contribution >= 0.6 is 0 Å². The first-order valence-corrected chi connectivity index (χ1v) is 4.72. The van der Waals surface area contributed by atoms with Gasteiger partial charge in [0.15, 0.2) is 0 Å². The van der Waals surface area contributed by atoms with E-state index in [9.17, 15) is 0 Å². The first-order valence-electron chi connectivity index (χ1n) is 4.72. The summed E-state index contributed by atoms with van der Waals surface area (Å²) in [5, 5.41) is 3.39. The van der Waals surface area contributed by atoms with E-state index in [-0.39, 0.29) is 0 Å². The molecule has 1 saturated heterocycles. The van der Waals surface area contributed by atoms with Gasteiger partial charge in [-0.3, -0.25) is 0 Å². The summed E-state index contributed by atoms with van der Waals surface area (Å²) < 4.78 is 0. The van der Waals surface area contributed by atoms with Gasteiger partial charge in [-0.05, 0) is 45.4 Å². The quantitative estimate of drug-likeness (QED) is 0.651. The molecular weight excluding hydrogens is 136 g/mol. The van der Waals surface area contributed by atoms with Crippen molar-refractivity contribution in [3.8, 4) is 0 Å². The monoisotopic (exact) mass is 156 g/mol. The molecule has 1 atom stereocenters. The smallest absolute Gasteiger partial charge is 0.00192 e. The Morgan fingerprint density at radius 1 is 1.55 bits per heavy atom. The van der Waals surface area contributed by atoms with Gasteiger partial charge in [-0.15, -0.1) is 0 Å². The van der Waals surface area contributed by atoms with Crippen molar-refractivity contribution in [3.63, 3.8) is 0 Å². The Kier molecular flexibility index (Phi) is 3.87. The molecule has 0 aromatic rings. The van der Waals surface area contributed by atoms with Crippen molar-refractivity contribution in [1.82, 2.24) is 10.2 Å². The molecule has 1 N–H and O–H groups in total. The highest BCUT2D eigenvalue weighted by molar-refractivity contribution is 4.73. The van der Waals surface area contributed by atoms with E-state index in [0.29, 0.717) is 0 Å². The zero-order valence-electron chi connectivity index (χ0n) is 7.77. The van der Waals surface area contributed by atoms with Gasteiger partial charge in [0.1, 0.15) is 0 Å². The minimum Gasteiger partial charge on any atom is -0.316 e. The molecule has 0 saturated carbocycles. The Labute approximate surface area is 70.0 Å². The van der Waals surface area contributed by atoms with Crippen molar-refractivity contribution in [1.29, 1.82) is 0 Å². The van der Waals surface area contributed by atoms with Crippen LogP contribution in [0.4, 0.5) is 0 Å². The molecule has 11 heavy (non-hydrogen) atoms. The molecule has 0 spiro atoms. The lowest BCUT2D eigenvalue weighted by molar-refractivity contribution is 0.286. The molecule has 1 unspecified atom stereocenters. The van der Waals surface area contributed by atoms with Crippen LogP contribution in [0.25, 0.3) is 0 Å². The Hall–Kier alpha value is -0.0800. The maximum absolute atomic E-state index is 3.39. The third kappa shape index (κ3) is 3.21. The van der Waals surface area contributed by atoms with Crippen LogP contribution in [-0.2, 0) is 0 Å². The van der Waals surface area contributed by atoms with Gasteiger partial charge in [-0.2, -0.15) is 0 Å². The fraction of sp³-hybridized carbons (Fsp3) is 1.00. The van der Waals surface area contributed by atoms with Crippen LogP contribution in [0.5, 0.6) is 0 Å². The second-order valence-electron chi connectivity index (χ2n) is 3.62. The molecule has 66 valence electrons. The van der Waals surface area contributed by atoms with Crippen LogP contribution in [0.3, 0.4) is 0 Å². The van der Waals surface area contributed by atoms with Crippen LogP contribution in [0.2, 0.25) is 0 Å². The van der Waals surface area contributed by atoms with E-state index in [1.165, 1.54) is 39.0 Å². The van der Waals surface area contributed by atoms with E-state index >= 15 is 0 Å². The summed E-state index contributed by atoms with van der Waals surface area (Å²) in [5.41, 5.74) is 0. The molecule has 2 nitrogen and oxygen atoms in total. The SMILES string of the molecule is CCCN(C)CC1CCNC1. The van der Waals surface area contributed by atoms with E-state index < -0.39 is 0 Å². The summed E-state index contributed by atoms with van der Waals surface area (Å²) in [7, 11) is 2.22. The van der Waals surface area contributed by atoms with Gasteiger partial charge < -0.3 is 10.2 Å². The highest BCUT2D eigenvalue weighted by atomic mass is 15.1. The molecular formula is C9H20N2. The summed E-state index contributed by atoms with van der Waals surface area (Å²) in [6, 6.07) is 0. The molecule has 1 heterocycles. The van der Waals surface area contributed by atoms with Gasteiger partial charge >= 0.3 is 0 Å². The largest absolute Gasteiger partial charge is 0.316 e. The molecule has 0 aromatic heterocycles. The Morgan fingerprint density at radius 3 is 2.91 bits per heavy atom. The van der Waals surface area contributed by atoms with Crippen molar-refractivity contribution < 1.29 is 0 Å². The summed E-state index contributed by atoms with van der Waals surface area (Å²) in [5.74, 6) is 0.909. The van der Waals surface area contributed by atoms with Crippen molar-refractivity contribution in [2.24, 2.45) is 5.92 Å². The Balaban J connectivity index is 2.08. The lowest BCUT2D eigenvalue weighted by Crippen LogP contribution is -2.27. The minimum absolute atomic E-state index is 0.909. The van der Waals surface area contributed by atoms with Crippen LogP contribution in [0.15, 0.2) is 0 Å². The van der Waals surface area contributed by atoms with Gasteiger partial charge in [-0.1, -0.05) is 6.92 Å². The Morgan fingerprint density at radius 2 is 2.36 bits per heavy atom. The maximum atomic E-state index is 3.39. The standard InChI is InChI=1S/C9H20N2/c1-3-6-11(2)8-9-4-5-10-7-9/h9-10H,3-8H2,1-2H3. The molecule has 0 bridgehead atoms. The first kappa shape index (κ1) is 9.01. The lowest BCUT2D eigenvalue weighted by atomic mass is 10.1. The van der Waals surface area contributed by atoms with Crippen LogP contribution < -0.4 is 5.32 Å². The number of hydrogen-bond donors (Lipinski definition) is 1. The molecule has 0 amide bonds. The molecule has 2 heteroatoms. The fourth-order valence-electron chi connectivity index (χ4n) is 1.78. The zero-order chi connectivity index (χ0) is 8.10. The lowest BCUT2D eigenvalue weighted by Gasteiger charge is -2.19. The maximum Gasteiger partial charge on any atom is 0.00192 e. The molecule has 1 rings (SSSR count). The molecule has 0 aromatic carbocycles. The molecule has 1 fully saturated rings. The summed E-state index contributed by atoms with van der Waals surface area (Å²) >= 11 is 0. The minimum atomic E-state index is 0.909. The van der Waals surface area contributed by atoms with Crippen LogP contribution in [0, 0.1) is 5.92 Å². The first-order chi connectivity index (χ1) is 5.33. The normalized spacial score (nSPS) is 24.8. The number of rotatable bonds is 4. The van der Waals surface area contributed by atoms with E-state index in [1.807, 2.05) is 0 Å². The summed E-state index contributed by atoms with van der Waals surface area (Å²) in [6.45, 7) is 7.22. The van der Waals surface area contributed by atoms with E-state index in [2.05, 4.69) is 24.2 Å². The zero-order valence-corrected chi connectivity index (χ0v) is 7.77. The van der Waals surface area contributed by atoms with Gasteiger partial charge in [0.25, 0.3) is 0 Å². The van der Waals surface area contributed by atoms with Gasteiger partial charge in [0.05, 0.1) is 0 Å². The Bertz CT molecular complexity index is 97.7. The third-order valence-corrected chi connectivity index (χ3v) is 2.34. The number of nitrogens with zero attached hydrogens (tertiary/aromatic N) is 1. The number of hydrogen-bond acceptors (Lipinski definition) is 2. The fourth-order valence-corrected chi connectivity index (χ4v) is 1.78. The van der Waals surface area contributed by atoms with E-state index in [1.54, 1.807) is 0 Å². The average molecular weight is 156 g/mol. The van der Waals surface area contributed by atoms with E-state index in [4.69, 9.17) is 0 Å². The summed E-state index contributed by atoms with van der Waals surface area (Å²) in [4.78, 5) is 2.44.